The molecular formula is C13H17BrN4O. The molecule has 1 aliphatic carbocycles. The zero-order chi connectivity index (χ0) is 13.3. The van der Waals surface area contributed by atoms with Crippen LogP contribution in [0.2, 0.25) is 0 Å². The van der Waals surface area contributed by atoms with Crippen LogP contribution in [0.1, 0.15) is 12.8 Å². The molecule has 1 aromatic rings. The summed E-state index contributed by atoms with van der Waals surface area (Å²) in [7, 11) is 0. The summed E-state index contributed by atoms with van der Waals surface area (Å²) in [5.41, 5.74) is 0.312. The van der Waals surface area contributed by atoms with Crippen LogP contribution in [-0.2, 0) is 4.79 Å². The van der Waals surface area contributed by atoms with Crippen molar-refractivity contribution in [2.75, 3.05) is 31.5 Å². The second-order valence-electron chi connectivity index (χ2n) is 5.33. The molecular weight excluding hydrogens is 308 g/mol. The van der Waals surface area contributed by atoms with Crippen molar-refractivity contribution in [1.29, 1.82) is 0 Å². The van der Waals surface area contributed by atoms with Crippen LogP contribution in [0.25, 0.3) is 0 Å². The van der Waals surface area contributed by atoms with E-state index in [4.69, 9.17) is 0 Å². The molecule has 0 aromatic carbocycles. The lowest BCUT2D eigenvalue weighted by atomic mass is 10.2. The molecule has 1 aliphatic heterocycles. The maximum atomic E-state index is 12.0. The normalized spacial score (nSPS) is 21.3. The fourth-order valence-electron chi connectivity index (χ4n) is 2.52. The maximum absolute atomic E-state index is 12.0. The van der Waals surface area contributed by atoms with Gasteiger partial charge in [0.15, 0.2) is 0 Å². The first-order valence-electron chi connectivity index (χ1n) is 6.54. The van der Waals surface area contributed by atoms with Crippen LogP contribution in [0, 0.1) is 0 Å². The number of nitrogens with zero attached hydrogens (tertiary/aromatic N) is 2. The van der Waals surface area contributed by atoms with E-state index in [0.717, 1.165) is 24.1 Å². The first-order chi connectivity index (χ1) is 9.15. The summed E-state index contributed by atoms with van der Waals surface area (Å²) in [6.45, 7) is 3.33. The zero-order valence-corrected chi connectivity index (χ0v) is 12.2. The third-order valence-electron chi connectivity index (χ3n) is 3.66. The Balaban J connectivity index is 1.53. The minimum atomic E-state index is 0.00306. The number of rotatable bonds is 3. The van der Waals surface area contributed by atoms with Crippen molar-refractivity contribution in [2.45, 2.75) is 18.4 Å². The highest BCUT2D eigenvalue weighted by molar-refractivity contribution is 9.10. The van der Waals surface area contributed by atoms with Crippen LogP contribution >= 0.6 is 15.9 Å². The molecule has 2 heterocycles. The van der Waals surface area contributed by atoms with Gasteiger partial charge in [-0.05, 0) is 25.0 Å². The molecule has 0 atom stereocenters. The second-order valence-corrected chi connectivity index (χ2v) is 6.24. The van der Waals surface area contributed by atoms with E-state index in [0.29, 0.717) is 17.9 Å². The molecule has 2 aliphatic rings. The Bertz CT molecular complexity index is 489. The number of halogens is 1. The number of pyridine rings is 1. The molecule has 102 valence electrons. The molecule has 1 saturated carbocycles. The number of carbonyl (C=O) groups is 1. The SMILES string of the molecule is O=C(CN1CCNC2(CC2)C1)Nc1cc(Br)ccn1. The van der Waals surface area contributed by atoms with Gasteiger partial charge in [-0.25, -0.2) is 4.98 Å². The molecule has 1 spiro atoms. The number of hydrogen-bond donors (Lipinski definition) is 2. The largest absolute Gasteiger partial charge is 0.310 e. The summed E-state index contributed by atoms with van der Waals surface area (Å²) >= 11 is 3.36. The lowest BCUT2D eigenvalue weighted by Gasteiger charge is -2.33. The molecule has 1 aromatic heterocycles. The predicted octanol–water partition coefficient (Wildman–Crippen LogP) is 1.22. The van der Waals surface area contributed by atoms with Crippen LogP contribution in [0.5, 0.6) is 0 Å². The third-order valence-corrected chi connectivity index (χ3v) is 4.16. The quantitative estimate of drug-likeness (QED) is 0.877. The van der Waals surface area contributed by atoms with Crippen LogP contribution in [-0.4, -0.2) is 47.5 Å². The van der Waals surface area contributed by atoms with Crippen molar-refractivity contribution in [3.8, 4) is 0 Å². The molecule has 6 heteroatoms. The van der Waals surface area contributed by atoms with Gasteiger partial charge in [-0.3, -0.25) is 9.69 Å². The highest BCUT2D eigenvalue weighted by atomic mass is 79.9. The molecule has 3 rings (SSSR count). The molecule has 5 nitrogen and oxygen atoms in total. The standard InChI is InChI=1S/C13H17BrN4O/c14-10-1-4-15-11(7-10)17-12(19)8-18-6-5-16-13(9-18)2-3-13/h1,4,7,16H,2-3,5-6,8-9H2,(H,15,17,19). The Morgan fingerprint density at radius 3 is 3.16 bits per heavy atom. The van der Waals surface area contributed by atoms with Gasteiger partial charge >= 0.3 is 0 Å². The van der Waals surface area contributed by atoms with Crippen LogP contribution in [0.15, 0.2) is 22.8 Å². The summed E-state index contributed by atoms with van der Waals surface area (Å²) in [5.74, 6) is 0.596. The number of amides is 1. The van der Waals surface area contributed by atoms with E-state index < -0.39 is 0 Å². The first kappa shape index (κ1) is 13.0. The minimum Gasteiger partial charge on any atom is -0.310 e. The van der Waals surface area contributed by atoms with Gasteiger partial charge in [0.1, 0.15) is 5.82 Å². The third kappa shape index (κ3) is 3.32. The Kier molecular flexibility index (Phi) is 3.56. The molecule has 1 amide bonds. The fraction of sp³-hybridized carbons (Fsp3) is 0.538. The Morgan fingerprint density at radius 1 is 1.58 bits per heavy atom. The molecule has 0 bridgehead atoms. The monoisotopic (exact) mass is 324 g/mol. The number of nitrogens with one attached hydrogen (secondary N) is 2. The molecule has 1 saturated heterocycles. The van der Waals surface area contributed by atoms with Gasteiger partial charge in [0, 0.05) is 35.8 Å². The fourth-order valence-corrected chi connectivity index (χ4v) is 2.86. The number of anilines is 1. The van der Waals surface area contributed by atoms with Crippen molar-refractivity contribution in [2.24, 2.45) is 0 Å². The van der Waals surface area contributed by atoms with Crippen LogP contribution < -0.4 is 10.6 Å². The lowest BCUT2D eigenvalue weighted by Crippen LogP contribution is -2.54. The first-order valence-corrected chi connectivity index (χ1v) is 7.33. The van der Waals surface area contributed by atoms with Crippen LogP contribution in [0.3, 0.4) is 0 Å². The molecule has 2 fully saturated rings. The minimum absolute atomic E-state index is 0.00306. The van der Waals surface area contributed by atoms with Gasteiger partial charge in [0.2, 0.25) is 5.91 Å². The van der Waals surface area contributed by atoms with Crippen molar-refractivity contribution in [3.63, 3.8) is 0 Å². The summed E-state index contributed by atoms with van der Waals surface area (Å²) in [6.07, 6.45) is 4.14. The van der Waals surface area contributed by atoms with Crippen molar-refractivity contribution < 1.29 is 4.79 Å². The van der Waals surface area contributed by atoms with E-state index in [1.807, 2.05) is 6.07 Å². The number of piperazine rings is 1. The topological polar surface area (TPSA) is 57.3 Å². The van der Waals surface area contributed by atoms with E-state index in [1.54, 1.807) is 12.3 Å². The lowest BCUT2D eigenvalue weighted by molar-refractivity contribution is -0.117. The van der Waals surface area contributed by atoms with Gasteiger partial charge < -0.3 is 10.6 Å². The van der Waals surface area contributed by atoms with E-state index in [-0.39, 0.29) is 5.91 Å². The smallest absolute Gasteiger partial charge is 0.239 e. The number of carbonyl (C=O) groups excluding carboxylic acids is 1. The molecule has 2 N–H and O–H groups in total. The zero-order valence-electron chi connectivity index (χ0n) is 10.7. The Labute approximate surface area is 120 Å². The summed E-state index contributed by atoms with van der Waals surface area (Å²) in [4.78, 5) is 18.3. The number of hydrogen-bond acceptors (Lipinski definition) is 4. The molecule has 19 heavy (non-hydrogen) atoms. The van der Waals surface area contributed by atoms with E-state index in [1.165, 1.54) is 12.8 Å². The average Bonchev–Trinajstić information content (AvgIpc) is 3.08. The van der Waals surface area contributed by atoms with Crippen molar-refractivity contribution in [3.05, 3.63) is 22.8 Å². The Hall–Kier alpha value is -0.980. The summed E-state index contributed by atoms with van der Waals surface area (Å²) in [5, 5.41) is 6.37. The molecule has 0 radical (unpaired) electrons. The van der Waals surface area contributed by atoms with Gasteiger partial charge in [-0.2, -0.15) is 0 Å². The van der Waals surface area contributed by atoms with Gasteiger partial charge in [0.25, 0.3) is 0 Å². The maximum Gasteiger partial charge on any atom is 0.239 e. The van der Waals surface area contributed by atoms with Crippen molar-refractivity contribution >= 4 is 27.7 Å². The van der Waals surface area contributed by atoms with Crippen molar-refractivity contribution in [1.82, 2.24) is 15.2 Å². The summed E-state index contributed by atoms with van der Waals surface area (Å²) in [6, 6.07) is 3.64. The van der Waals surface area contributed by atoms with Gasteiger partial charge in [-0.15, -0.1) is 0 Å². The predicted molar refractivity (Wildman–Crippen MR) is 77.0 cm³/mol. The highest BCUT2D eigenvalue weighted by Crippen LogP contribution is 2.37. The Morgan fingerprint density at radius 2 is 2.42 bits per heavy atom. The average molecular weight is 325 g/mol. The molecule has 0 unspecified atom stereocenters. The van der Waals surface area contributed by atoms with Gasteiger partial charge in [-0.1, -0.05) is 15.9 Å². The van der Waals surface area contributed by atoms with E-state index >= 15 is 0 Å². The van der Waals surface area contributed by atoms with E-state index in [2.05, 4.69) is 36.4 Å². The van der Waals surface area contributed by atoms with Gasteiger partial charge in [0.05, 0.1) is 6.54 Å². The number of aromatic nitrogens is 1. The summed E-state index contributed by atoms with van der Waals surface area (Å²) < 4.78 is 0.914. The van der Waals surface area contributed by atoms with E-state index in [9.17, 15) is 4.79 Å². The van der Waals surface area contributed by atoms with Crippen LogP contribution in [0.4, 0.5) is 5.82 Å². The highest BCUT2D eigenvalue weighted by Gasteiger charge is 2.45. The second kappa shape index (κ2) is 5.19.